The second kappa shape index (κ2) is 8.14. The number of carbonyl (C=O) groups excluding carboxylic acids is 2. The van der Waals surface area contributed by atoms with Crippen molar-refractivity contribution in [3.63, 3.8) is 0 Å². The molecule has 1 aliphatic rings. The first-order chi connectivity index (χ1) is 14.1. The van der Waals surface area contributed by atoms with E-state index < -0.39 is 6.10 Å². The molecule has 4 rings (SSSR count). The van der Waals surface area contributed by atoms with Crippen LogP contribution in [0, 0.1) is 0 Å². The first kappa shape index (κ1) is 18.7. The lowest BCUT2D eigenvalue weighted by Gasteiger charge is -2.32. The van der Waals surface area contributed by atoms with E-state index in [2.05, 4.69) is 15.4 Å². The Morgan fingerprint density at radius 2 is 1.90 bits per heavy atom. The normalized spacial score (nSPS) is 15.6. The lowest BCUT2D eigenvalue weighted by Crippen LogP contribution is -2.48. The van der Waals surface area contributed by atoms with Crippen LogP contribution in [0.3, 0.4) is 0 Å². The van der Waals surface area contributed by atoms with Crippen LogP contribution in [-0.4, -0.2) is 39.2 Å². The molecule has 0 aliphatic carbocycles. The van der Waals surface area contributed by atoms with Gasteiger partial charge in [-0.25, -0.2) is 9.67 Å². The fraction of sp³-hybridized carbons (Fsp3) is 0.238. The van der Waals surface area contributed by atoms with Crippen molar-refractivity contribution in [2.24, 2.45) is 0 Å². The van der Waals surface area contributed by atoms with Crippen LogP contribution < -0.4 is 15.0 Å². The maximum absolute atomic E-state index is 12.5. The molecule has 1 unspecified atom stereocenters. The van der Waals surface area contributed by atoms with Gasteiger partial charge in [0.05, 0.1) is 12.2 Å². The summed E-state index contributed by atoms with van der Waals surface area (Å²) in [5.41, 5.74) is 2.68. The quantitative estimate of drug-likeness (QED) is 0.692. The number of amides is 2. The molecule has 2 aromatic carbocycles. The van der Waals surface area contributed by atoms with E-state index in [1.807, 2.05) is 36.4 Å². The molecule has 0 fully saturated rings. The Hall–Kier alpha value is -3.68. The third-order valence-corrected chi connectivity index (χ3v) is 4.70. The topological polar surface area (TPSA) is 89.3 Å². The predicted molar refractivity (Wildman–Crippen MR) is 106 cm³/mol. The molecule has 0 bridgehead atoms. The predicted octanol–water partition coefficient (Wildman–Crippen LogP) is 1.76. The molecule has 1 aliphatic heterocycles. The molecule has 1 atom stereocenters. The van der Waals surface area contributed by atoms with E-state index in [-0.39, 0.29) is 18.4 Å². The van der Waals surface area contributed by atoms with Gasteiger partial charge in [-0.05, 0) is 30.2 Å². The Labute approximate surface area is 168 Å². The zero-order valence-corrected chi connectivity index (χ0v) is 16.0. The van der Waals surface area contributed by atoms with Crippen LogP contribution in [0.4, 0.5) is 5.69 Å². The molecule has 29 heavy (non-hydrogen) atoms. The van der Waals surface area contributed by atoms with Crippen molar-refractivity contribution in [1.82, 2.24) is 20.1 Å². The summed E-state index contributed by atoms with van der Waals surface area (Å²) in [4.78, 5) is 30.3. The largest absolute Gasteiger partial charge is 0.479 e. The van der Waals surface area contributed by atoms with E-state index in [1.54, 1.807) is 30.1 Å². The van der Waals surface area contributed by atoms with Crippen LogP contribution in [0.5, 0.6) is 5.75 Å². The van der Waals surface area contributed by atoms with Gasteiger partial charge in [0.1, 0.15) is 24.9 Å². The summed E-state index contributed by atoms with van der Waals surface area (Å²) in [5, 5.41) is 6.96. The van der Waals surface area contributed by atoms with Crippen LogP contribution in [0.2, 0.25) is 0 Å². The van der Waals surface area contributed by atoms with E-state index in [1.165, 1.54) is 11.2 Å². The smallest absolute Gasteiger partial charge is 0.268 e. The van der Waals surface area contributed by atoms with Gasteiger partial charge in [0.2, 0.25) is 5.91 Å². The van der Waals surface area contributed by atoms with Gasteiger partial charge in [0, 0.05) is 6.54 Å². The third kappa shape index (κ3) is 4.26. The number of nitrogens with zero attached hydrogens (tertiary/aromatic N) is 4. The molecule has 2 amide bonds. The van der Waals surface area contributed by atoms with Gasteiger partial charge < -0.3 is 10.1 Å². The highest BCUT2D eigenvalue weighted by Crippen LogP contribution is 2.33. The van der Waals surface area contributed by atoms with Gasteiger partial charge in [-0.2, -0.15) is 5.10 Å². The molecule has 0 saturated heterocycles. The molecule has 0 radical (unpaired) electrons. The maximum atomic E-state index is 12.5. The van der Waals surface area contributed by atoms with Gasteiger partial charge >= 0.3 is 0 Å². The lowest BCUT2D eigenvalue weighted by molar-refractivity contribution is -0.128. The van der Waals surface area contributed by atoms with Crippen LogP contribution in [0.25, 0.3) is 0 Å². The Kier molecular flexibility index (Phi) is 5.24. The van der Waals surface area contributed by atoms with E-state index in [4.69, 9.17) is 4.74 Å². The zero-order valence-electron chi connectivity index (χ0n) is 16.0. The van der Waals surface area contributed by atoms with E-state index in [9.17, 15) is 9.59 Å². The number of para-hydroxylation sites is 2. The number of hydrogen-bond acceptors (Lipinski definition) is 5. The monoisotopic (exact) mass is 391 g/mol. The second-order valence-corrected chi connectivity index (χ2v) is 6.84. The Morgan fingerprint density at radius 1 is 1.14 bits per heavy atom. The Balaban J connectivity index is 1.35. The highest BCUT2D eigenvalue weighted by molar-refractivity contribution is 6.03. The van der Waals surface area contributed by atoms with Crippen molar-refractivity contribution in [2.45, 2.75) is 26.1 Å². The van der Waals surface area contributed by atoms with Crippen molar-refractivity contribution in [3.05, 3.63) is 72.3 Å². The molecular formula is C21H21N5O3. The van der Waals surface area contributed by atoms with Crippen LogP contribution >= 0.6 is 0 Å². The Bertz CT molecular complexity index is 1000. The maximum Gasteiger partial charge on any atom is 0.268 e. The zero-order chi connectivity index (χ0) is 20.2. The number of carbonyl (C=O) groups is 2. The van der Waals surface area contributed by atoms with Gasteiger partial charge in [-0.15, -0.1) is 0 Å². The minimum atomic E-state index is -0.616. The summed E-state index contributed by atoms with van der Waals surface area (Å²) >= 11 is 0. The number of aromatic nitrogens is 3. The first-order valence-corrected chi connectivity index (χ1v) is 9.34. The molecule has 148 valence electrons. The van der Waals surface area contributed by atoms with Gasteiger partial charge in [-0.3, -0.25) is 14.5 Å². The Morgan fingerprint density at radius 3 is 2.66 bits per heavy atom. The molecule has 0 spiro atoms. The molecule has 2 heterocycles. The lowest BCUT2D eigenvalue weighted by atomic mass is 10.1. The standard InChI is InChI=1S/C21H21N5O3/c1-15-21(28)26(18-4-2-3-5-19(18)29-15)12-20(27)23-10-16-6-8-17(9-7-16)11-25-14-22-13-24-25/h2-9,13-15H,10-12H2,1H3,(H,23,27). The summed E-state index contributed by atoms with van der Waals surface area (Å²) in [6.07, 6.45) is 2.55. The van der Waals surface area contributed by atoms with Crippen molar-refractivity contribution in [1.29, 1.82) is 0 Å². The van der Waals surface area contributed by atoms with Crippen molar-refractivity contribution in [3.8, 4) is 5.75 Å². The second-order valence-electron chi connectivity index (χ2n) is 6.84. The fourth-order valence-electron chi connectivity index (χ4n) is 3.19. The van der Waals surface area contributed by atoms with Gasteiger partial charge in [-0.1, -0.05) is 36.4 Å². The minimum absolute atomic E-state index is 0.0477. The number of hydrogen-bond donors (Lipinski definition) is 1. The third-order valence-electron chi connectivity index (χ3n) is 4.70. The molecule has 0 saturated carbocycles. The minimum Gasteiger partial charge on any atom is -0.479 e. The molecular weight excluding hydrogens is 370 g/mol. The highest BCUT2D eigenvalue weighted by Gasteiger charge is 2.32. The summed E-state index contributed by atoms with van der Waals surface area (Å²) in [6, 6.07) is 15.1. The number of ether oxygens (including phenoxy) is 1. The average molecular weight is 391 g/mol. The van der Waals surface area contributed by atoms with E-state index >= 15 is 0 Å². The number of nitrogens with one attached hydrogen (secondary N) is 1. The summed E-state index contributed by atoms with van der Waals surface area (Å²) in [6.45, 7) is 2.67. The highest BCUT2D eigenvalue weighted by atomic mass is 16.5. The average Bonchev–Trinajstić information content (AvgIpc) is 3.24. The molecule has 8 nitrogen and oxygen atoms in total. The number of fused-ring (bicyclic) bond motifs is 1. The summed E-state index contributed by atoms with van der Waals surface area (Å²) in [5.74, 6) is 0.153. The van der Waals surface area contributed by atoms with Crippen molar-refractivity contribution >= 4 is 17.5 Å². The van der Waals surface area contributed by atoms with Crippen LogP contribution in [-0.2, 0) is 22.7 Å². The number of benzene rings is 2. The van der Waals surface area contributed by atoms with Crippen molar-refractivity contribution in [2.75, 3.05) is 11.4 Å². The number of rotatable bonds is 6. The first-order valence-electron chi connectivity index (χ1n) is 9.34. The van der Waals surface area contributed by atoms with Gasteiger partial charge in [0.25, 0.3) is 5.91 Å². The molecule has 3 aromatic rings. The van der Waals surface area contributed by atoms with Crippen LogP contribution in [0.15, 0.2) is 61.2 Å². The SMILES string of the molecule is CC1Oc2ccccc2N(CC(=O)NCc2ccc(Cn3cncn3)cc2)C1=O. The fourth-order valence-corrected chi connectivity index (χ4v) is 3.19. The molecule has 1 N–H and O–H groups in total. The number of anilines is 1. The van der Waals surface area contributed by atoms with Gasteiger partial charge in [0.15, 0.2) is 6.10 Å². The van der Waals surface area contributed by atoms with Crippen LogP contribution in [0.1, 0.15) is 18.1 Å². The molecule has 8 heteroatoms. The van der Waals surface area contributed by atoms with Crippen molar-refractivity contribution < 1.29 is 14.3 Å². The van der Waals surface area contributed by atoms with E-state index in [0.29, 0.717) is 24.5 Å². The summed E-state index contributed by atoms with van der Waals surface area (Å²) in [7, 11) is 0. The molecule has 1 aromatic heterocycles. The summed E-state index contributed by atoms with van der Waals surface area (Å²) < 4.78 is 7.35. The van der Waals surface area contributed by atoms with E-state index in [0.717, 1.165) is 11.1 Å².